The fraction of sp³-hybridized carbons (Fsp3) is 0.0625. The lowest BCUT2D eigenvalue weighted by atomic mass is 10.3. The van der Waals surface area contributed by atoms with Gasteiger partial charge in [0.05, 0.1) is 18.5 Å². The van der Waals surface area contributed by atoms with Gasteiger partial charge in [0.2, 0.25) is 5.95 Å². The van der Waals surface area contributed by atoms with Crippen LogP contribution in [0.5, 0.6) is 0 Å². The number of nitrogens with one attached hydrogen (secondary N) is 2. The zero-order chi connectivity index (χ0) is 16.1. The van der Waals surface area contributed by atoms with Gasteiger partial charge in [0.25, 0.3) is 5.91 Å². The normalized spacial score (nSPS) is 10.3. The van der Waals surface area contributed by atoms with Gasteiger partial charge in [-0.25, -0.2) is 14.4 Å². The fourth-order valence-electron chi connectivity index (χ4n) is 1.90. The summed E-state index contributed by atoms with van der Waals surface area (Å²) in [5.41, 5.74) is 0.408. The molecule has 0 aliphatic rings. The van der Waals surface area contributed by atoms with E-state index in [0.717, 1.165) is 0 Å². The standard InChI is InChI=1S/C16H13FN4O2/c17-12-5-1-2-6-13(12)20-16-18-8-7-14(21-16)15(22)19-10-11-4-3-9-23-11/h1-9H,10H2,(H,19,22)(H,18,20,21). The maximum absolute atomic E-state index is 13.6. The number of hydrogen-bond donors (Lipinski definition) is 2. The van der Waals surface area contributed by atoms with E-state index in [9.17, 15) is 9.18 Å². The highest BCUT2D eigenvalue weighted by molar-refractivity contribution is 5.92. The van der Waals surface area contributed by atoms with Crippen molar-refractivity contribution in [2.75, 3.05) is 5.32 Å². The molecule has 0 aliphatic carbocycles. The zero-order valence-electron chi connectivity index (χ0n) is 12.0. The Kier molecular flexibility index (Phi) is 4.28. The SMILES string of the molecule is O=C(NCc1ccco1)c1ccnc(Nc2ccccc2F)n1. The van der Waals surface area contributed by atoms with Crippen molar-refractivity contribution >= 4 is 17.5 Å². The van der Waals surface area contributed by atoms with E-state index in [2.05, 4.69) is 20.6 Å². The van der Waals surface area contributed by atoms with Crippen LogP contribution in [0.15, 0.2) is 59.3 Å². The molecule has 1 amide bonds. The molecule has 6 nitrogen and oxygen atoms in total. The van der Waals surface area contributed by atoms with Crippen LogP contribution in [0.2, 0.25) is 0 Å². The molecule has 0 saturated heterocycles. The highest BCUT2D eigenvalue weighted by atomic mass is 19.1. The Labute approximate surface area is 131 Å². The predicted octanol–water partition coefficient (Wildman–Crippen LogP) is 2.88. The molecule has 0 atom stereocenters. The van der Waals surface area contributed by atoms with Gasteiger partial charge in [-0.3, -0.25) is 4.79 Å². The van der Waals surface area contributed by atoms with Crippen LogP contribution in [0.25, 0.3) is 0 Å². The molecule has 2 N–H and O–H groups in total. The van der Waals surface area contributed by atoms with E-state index in [1.54, 1.807) is 30.3 Å². The minimum Gasteiger partial charge on any atom is -0.467 e. The van der Waals surface area contributed by atoms with Crippen LogP contribution in [0.3, 0.4) is 0 Å². The lowest BCUT2D eigenvalue weighted by Crippen LogP contribution is -2.24. The summed E-state index contributed by atoms with van der Waals surface area (Å²) in [4.78, 5) is 20.1. The Bertz CT molecular complexity index is 805. The average molecular weight is 312 g/mol. The Hall–Kier alpha value is -3.22. The molecular weight excluding hydrogens is 299 g/mol. The van der Waals surface area contributed by atoms with Crippen molar-refractivity contribution in [3.8, 4) is 0 Å². The molecule has 0 fully saturated rings. The number of halogens is 1. The van der Waals surface area contributed by atoms with Crippen LogP contribution in [-0.2, 0) is 6.54 Å². The summed E-state index contributed by atoms with van der Waals surface area (Å²) in [6.07, 6.45) is 2.96. The number of para-hydroxylation sites is 1. The minimum atomic E-state index is -0.427. The molecule has 0 radical (unpaired) electrons. The summed E-state index contributed by atoms with van der Waals surface area (Å²) in [5.74, 6) is -0.0259. The van der Waals surface area contributed by atoms with E-state index < -0.39 is 5.82 Å². The quantitative estimate of drug-likeness (QED) is 0.757. The first-order valence-electron chi connectivity index (χ1n) is 6.87. The first-order chi connectivity index (χ1) is 11.2. The summed E-state index contributed by atoms with van der Waals surface area (Å²) < 4.78 is 18.7. The number of carbonyl (C=O) groups excluding carboxylic acids is 1. The van der Waals surface area contributed by atoms with Gasteiger partial charge >= 0.3 is 0 Å². The van der Waals surface area contributed by atoms with Gasteiger partial charge < -0.3 is 15.1 Å². The van der Waals surface area contributed by atoms with E-state index in [4.69, 9.17) is 4.42 Å². The summed E-state index contributed by atoms with van der Waals surface area (Å²) >= 11 is 0. The zero-order valence-corrected chi connectivity index (χ0v) is 12.0. The largest absolute Gasteiger partial charge is 0.467 e. The van der Waals surface area contributed by atoms with Gasteiger partial charge in [0.15, 0.2) is 0 Å². The Balaban J connectivity index is 1.69. The van der Waals surface area contributed by atoms with Crippen LogP contribution in [-0.4, -0.2) is 15.9 Å². The summed E-state index contributed by atoms with van der Waals surface area (Å²) in [5, 5.41) is 5.42. The molecule has 116 valence electrons. The number of aromatic nitrogens is 2. The van der Waals surface area contributed by atoms with E-state index in [-0.39, 0.29) is 29.8 Å². The molecule has 2 aromatic heterocycles. The van der Waals surface area contributed by atoms with E-state index >= 15 is 0 Å². The molecule has 2 heterocycles. The van der Waals surface area contributed by atoms with E-state index in [1.165, 1.54) is 24.6 Å². The average Bonchev–Trinajstić information content (AvgIpc) is 3.08. The van der Waals surface area contributed by atoms with Crippen molar-refractivity contribution in [2.24, 2.45) is 0 Å². The molecule has 3 rings (SSSR count). The molecule has 23 heavy (non-hydrogen) atoms. The van der Waals surface area contributed by atoms with Crippen LogP contribution in [0.4, 0.5) is 16.0 Å². The number of anilines is 2. The van der Waals surface area contributed by atoms with E-state index in [1.807, 2.05) is 0 Å². The number of carbonyl (C=O) groups is 1. The minimum absolute atomic E-state index is 0.140. The highest BCUT2D eigenvalue weighted by Gasteiger charge is 2.10. The van der Waals surface area contributed by atoms with Crippen molar-refractivity contribution in [1.29, 1.82) is 0 Å². The number of benzene rings is 1. The van der Waals surface area contributed by atoms with Crippen LogP contribution < -0.4 is 10.6 Å². The highest BCUT2D eigenvalue weighted by Crippen LogP contribution is 2.16. The van der Waals surface area contributed by atoms with Crippen molar-refractivity contribution in [3.63, 3.8) is 0 Å². The number of furan rings is 1. The third-order valence-electron chi connectivity index (χ3n) is 3.01. The maximum atomic E-state index is 13.6. The molecule has 0 bridgehead atoms. The lowest BCUT2D eigenvalue weighted by Gasteiger charge is -2.07. The Morgan fingerprint density at radius 1 is 1.17 bits per heavy atom. The molecule has 0 unspecified atom stereocenters. The second-order valence-electron chi connectivity index (χ2n) is 4.63. The summed E-state index contributed by atoms with van der Waals surface area (Å²) in [6, 6.07) is 11.1. The Morgan fingerprint density at radius 2 is 2.04 bits per heavy atom. The third-order valence-corrected chi connectivity index (χ3v) is 3.01. The smallest absolute Gasteiger partial charge is 0.270 e. The van der Waals surface area contributed by atoms with Gasteiger partial charge in [-0.2, -0.15) is 0 Å². The van der Waals surface area contributed by atoms with Crippen molar-refractivity contribution in [3.05, 3.63) is 72.2 Å². The van der Waals surface area contributed by atoms with Gasteiger partial charge in [-0.1, -0.05) is 12.1 Å². The van der Waals surface area contributed by atoms with Crippen molar-refractivity contribution in [2.45, 2.75) is 6.54 Å². The second-order valence-corrected chi connectivity index (χ2v) is 4.63. The second kappa shape index (κ2) is 6.69. The van der Waals surface area contributed by atoms with Crippen LogP contribution in [0.1, 0.15) is 16.2 Å². The Morgan fingerprint density at radius 3 is 2.83 bits per heavy atom. The predicted molar refractivity (Wildman–Crippen MR) is 81.6 cm³/mol. The molecule has 0 aliphatic heterocycles. The number of hydrogen-bond acceptors (Lipinski definition) is 5. The maximum Gasteiger partial charge on any atom is 0.270 e. The number of amides is 1. The molecule has 3 aromatic rings. The molecule has 7 heteroatoms. The topological polar surface area (TPSA) is 80.0 Å². The molecular formula is C16H13FN4O2. The summed E-state index contributed by atoms with van der Waals surface area (Å²) in [7, 11) is 0. The molecule has 1 aromatic carbocycles. The summed E-state index contributed by atoms with van der Waals surface area (Å²) in [6.45, 7) is 0.256. The van der Waals surface area contributed by atoms with Crippen molar-refractivity contribution in [1.82, 2.24) is 15.3 Å². The number of nitrogens with zero attached hydrogens (tertiary/aromatic N) is 2. The lowest BCUT2D eigenvalue weighted by molar-refractivity contribution is 0.0943. The van der Waals surface area contributed by atoms with Gasteiger partial charge in [-0.05, 0) is 30.3 Å². The van der Waals surface area contributed by atoms with Gasteiger partial charge in [0.1, 0.15) is 17.3 Å². The van der Waals surface area contributed by atoms with E-state index in [0.29, 0.717) is 5.76 Å². The number of rotatable bonds is 5. The third kappa shape index (κ3) is 3.70. The van der Waals surface area contributed by atoms with Crippen molar-refractivity contribution < 1.29 is 13.6 Å². The first-order valence-corrected chi connectivity index (χ1v) is 6.87. The first kappa shape index (κ1) is 14.7. The van der Waals surface area contributed by atoms with Gasteiger partial charge in [-0.15, -0.1) is 0 Å². The molecule has 0 spiro atoms. The van der Waals surface area contributed by atoms with Gasteiger partial charge in [0, 0.05) is 6.20 Å². The fourth-order valence-corrected chi connectivity index (χ4v) is 1.90. The molecule has 0 saturated carbocycles. The van der Waals surface area contributed by atoms with Crippen LogP contribution in [0, 0.1) is 5.82 Å². The monoisotopic (exact) mass is 312 g/mol. The van der Waals surface area contributed by atoms with Crippen LogP contribution >= 0.6 is 0 Å².